The summed E-state index contributed by atoms with van der Waals surface area (Å²) in [5.74, 6) is 0. The molecule has 1 fully saturated rings. The molecular formula is C5H8N4. The van der Waals surface area contributed by atoms with E-state index in [9.17, 15) is 0 Å². The Labute approximate surface area is 52.4 Å². The minimum Gasteiger partial charge on any atom is -0.320 e. The second-order valence-corrected chi connectivity index (χ2v) is 2.51. The van der Waals surface area contributed by atoms with Gasteiger partial charge in [0, 0.05) is 0 Å². The van der Waals surface area contributed by atoms with Gasteiger partial charge in [-0.25, -0.2) is 0 Å². The van der Waals surface area contributed by atoms with Gasteiger partial charge >= 0.3 is 0 Å². The van der Waals surface area contributed by atoms with Crippen LogP contribution < -0.4 is 5.73 Å². The minimum absolute atomic E-state index is 0.132. The summed E-state index contributed by atoms with van der Waals surface area (Å²) in [5, 5.41) is 10.1. The van der Waals surface area contributed by atoms with Crippen molar-refractivity contribution in [3.63, 3.8) is 0 Å². The van der Waals surface area contributed by atoms with Crippen molar-refractivity contribution in [2.45, 2.75) is 18.4 Å². The highest BCUT2D eigenvalue weighted by molar-refractivity contribution is 5.17. The van der Waals surface area contributed by atoms with Gasteiger partial charge in [0.1, 0.15) is 5.69 Å². The third-order valence-electron chi connectivity index (χ3n) is 1.71. The molecule has 1 aliphatic rings. The molecule has 48 valence electrons. The lowest BCUT2D eigenvalue weighted by Crippen LogP contribution is -2.18. The van der Waals surface area contributed by atoms with Crippen LogP contribution in [0.3, 0.4) is 0 Å². The van der Waals surface area contributed by atoms with E-state index in [2.05, 4.69) is 15.4 Å². The van der Waals surface area contributed by atoms with Gasteiger partial charge in [0.25, 0.3) is 0 Å². The molecule has 1 saturated carbocycles. The predicted octanol–water partition coefficient (Wildman–Crippen LogP) is -0.248. The molecular weight excluding hydrogens is 116 g/mol. The number of hydrogen-bond donors (Lipinski definition) is 2. The fourth-order valence-corrected chi connectivity index (χ4v) is 0.832. The monoisotopic (exact) mass is 124 g/mol. The molecule has 0 spiro atoms. The first-order valence-corrected chi connectivity index (χ1v) is 2.96. The lowest BCUT2D eigenvalue weighted by Gasteiger charge is -1.99. The molecule has 0 aromatic carbocycles. The van der Waals surface area contributed by atoms with Gasteiger partial charge in [0.2, 0.25) is 0 Å². The maximum absolute atomic E-state index is 5.79. The van der Waals surface area contributed by atoms with Crippen LogP contribution in [-0.2, 0) is 5.54 Å². The molecule has 4 nitrogen and oxygen atoms in total. The zero-order valence-electron chi connectivity index (χ0n) is 4.96. The molecule has 0 radical (unpaired) electrons. The number of H-pyrrole nitrogens is 1. The summed E-state index contributed by atoms with van der Waals surface area (Å²) >= 11 is 0. The SMILES string of the molecule is NC1(c2cn[nH]n2)CC1. The van der Waals surface area contributed by atoms with E-state index in [0.717, 1.165) is 18.5 Å². The van der Waals surface area contributed by atoms with Crippen LogP contribution in [0.25, 0.3) is 0 Å². The van der Waals surface area contributed by atoms with Gasteiger partial charge in [0.15, 0.2) is 0 Å². The van der Waals surface area contributed by atoms with Crippen LogP contribution in [-0.4, -0.2) is 15.4 Å². The van der Waals surface area contributed by atoms with Crippen LogP contribution >= 0.6 is 0 Å². The van der Waals surface area contributed by atoms with Crippen molar-refractivity contribution < 1.29 is 0 Å². The molecule has 0 amide bonds. The Morgan fingerprint density at radius 2 is 2.44 bits per heavy atom. The van der Waals surface area contributed by atoms with Crippen molar-refractivity contribution >= 4 is 0 Å². The second-order valence-electron chi connectivity index (χ2n) is 2.51. The number of aromatic amines is 1. The Morgan fingerprint density at radius 1 is 1.67 bits per heavy atom. The third-order valence-corrected chi connectivity index (χ3v) is 1.71. The normalized spacial score (nSPS) is 21.9. The number of nitrogens with zero attached hydrogens (tertiary/aromatic N) is 2. The Bertz CT molecular complexity index is 199. The Hall–Kier alpha value is -0.900. The highest BCUT2D eigenvalue weighted by Crippen LogP contribution is 2.40. The number of nitrogens with two attached hydrogens (primary N) is 1. The molecule has 0 unspecified atom stereocenters. The molecule has 0 bridgehead atoms. The summed E-state index contributed by atoms with van der Waals surface area (Å²) in [4.78, 5) is 0. The second kappa shape index (κ2) is 1.33. The van der Waals surface area contributed by atoms with Crippen LogP contribution in [0, 0.1) is 0 Å². The summed E-state index contributed by atoms with van der Waals surface area (Å²) in [6.07, 6.45) is 3.77. The number of nitrogens with one attached hydrogen (secondary N) is 1. The molecule has 1 aromatic rings. The first kappa shape index (κ1) is 4.93. The van der Waals surface area contributed by atoms with Gasteiger partial charge in [-0.1, -0.05) is 0 Å². The molecule has 2 rings (SSSR count). The van der Waals surface area contributed by atoms with Crippen molar-refractivity contribution in [3.8, 4) is 0 Å². The Morgan fingerprint density at radius 3 is 2.89 bits per heavy atom. The van der Waals surface area contributed by atoms with E-state index < -0.39 is 0 Å². The summed E-state index contributed by atoms with van der Waals surface area (Å²) in [5.41, 5.74) is 6.55. The maximum atomic E-state index is 5.79. The van der Waals surface area contributed by atoms with Gasteiger partial charge in [0.05, 0.1) is 11.7 Å². The maximum Gasteiger partial charge on any atom is 0.102 e. The number of rotatable bonds is 1. The van der Waals surface area contributed by atoms with Crippen molar-refractivity contribution in [1.82, 2.24) is 15.4 Å². The van der Waals surface area contributed by atoms with Gasteiger partial charge in [-0.05, 0) is 12.8 Å². The van der Waals surface area contributed by atoms with Crippen molar-refractivity contribution in [3.05, 3.63) is 11.9 Å². The summed E-state index contributed by atoms with van der Waals surface area (Å²) < 4.78 is 0. The zero-order chi connectivity index (χ0) is 6.32. The quantitative estimate of drug-likeness (QED) is 0.542. The molecule has 4 heteroatoms. The van der Waals surface area contributed by atoms with Crippen LogP contribution in [0.5, 0.6) is 0 Å². The lowest BCUT2D eigenvalue weighted by molar-refractivity contribution is 0.701. The topological polar surface area (TPSA) is 67.6 Å². The Balaban J connectivity index is 2.34. The lowest BCUT2D eigenvalue weighted by atomic mass is 10.2. The first-order valence-electron chi connectivity index (χ1n) is 2.96. The van der Waals surface area contributed by atoms with Crippen LogP contribution in [0.4, 0.5) is 0 Å². The standard InChI is InChI=1S/C5H8N4/c6-5(1-2-5)4-3-7-9-8-4/h3H,1-2,6H2,(H,7,8,9). The molecule has 3 N–H and O–H groups in total. The smallest absolute Gasteiger partial charge is 0.102 e. The fourth-order valence-electron chi connectivity index (χ4n) is 0.832. The van der Waals surface area contributed by atoms with E-state index in [1.807, 2.05) is 0 Å². The Kier molecular flexibility index (Phi) is 0.728. The summed E-state index contributed by atoms with van der Waals surface area (Å²) in [6.45, 7) is 0. The predicted molar refractivity (Wildman–Crippen MR) is 31.5 cm³/mol. The average molecular weight is 124 g/mol. The van der Waals surface area contributed by atoms with Crippen molar-refractivity contribution in [2.24, 2.45) is 5.73 Å². The molecule has 9 heavy (non-hydrogen) atoms. The molecule has 0 aliphatic heterocycles. The first-order chi connectivity index (χ1) is 4.31. The minimum atomic E-state index is -0.132. The van der Waals surface area contributed by atoms with Crippen LogP contribution in [0.1, 0.15) is 18.5 Å². The van der Waals surface area contributed by atoms with Gasteiger partial charge in [-0.3, -0.25) is 0 Å². The number of hydrogen-bond acceptors (Lipinski definition) is 3. The van der Waals surface area contributed by atoms with E-state index >= 15 is 0 Å². The van der Waals surface area contributed by atoms with Gasteiger partial charge in [-0.2, -0.15) is 15.4 Å². The van der Waals surface area contributed by atoms with Gasteiger partial charge in [-0.15, -0.1) is 0 Å². The highest BCUT2D eigenvalue weighted by Gasteiger charge is 2.42. The van der Waals surface area contributed by atoms with Crippen molar-refractivity contribution in [2.75, 3.05) is 0 Å². The highest BCUT2D eigenvalue weighted by atomic mass is 15.3. The zero-order valence-corrected chi connectivity index (χ0v) is 4.96. The van der Waals surface area contributed by atoms with Crippen LogP contribution in [0.2, 0.25) is 0 Å². The largest absolute Gasteiger partial charge is 0.320 e. The molecule has 1 aliphatic carbocycles. The average Bonchev–Trinajstić information content (AvgIpc) is 2.46. The molecule has 1 aromatic heterocycles. The fraction of sp³-hybridized carbons (Fsp3) is 0.600. The summed E-state index contributed by atoms with van der Waals surface area (Å²) in [7, 11) is 0. The van der Waals surface area contributed by atoms with Crippen molar-refractivity contribution in [1.29, 1.82) is 0 Å². The third kappa shape index (κ3) is 0.632. The van der Waals surface area contributed by atoms with E-state index in [1.165, 1.54) is 0 Å². The number of aromatic nitrogens is 3. The molecule has 1 heterocycles. The van der Waals surface area contributed by atoms with Crippen LogP contribution in [0.15, 0.2) is 6.20 Å². The van der Waals surface area contributed by atoms with E-state index in [1.54, 1.807) is 6.20 Å². The summed E-state index contributed by atoms with van der Waals surface area (Å²) in [6, 6.07) is 0. The van der Waals surface area contributed by atoms with E-state index in [4.69, 9.17) is 5.73 Å². The molecule has 0 atom stereocenters. The van der Waals surface area contributed by atoms with E-state index in [-0.39, 0.29) is 5.54 Å². The molecule has 0 saturated heterocycles. The van der Waals surface area contributed by atoms with Gasteiger partial charge < -0.3 is 5.73 Å². The van der Waals surface area contributed by atoms with E-state index in [0.29, 0.717) is 0 Å².